The van der Waals surface area contributed by atoms with Crippen LogP contribution in [-0.4, -0.2) is 52.4 Å². The molecule has 1 aromatic carbocycles. The van der Waals surface area contributed by atoms with Crippen LogP contribution in [0.15, 0.2) is 29.2 Å². The molecule has 0 saturated carbocycles. The van der Waals surface area contributed by atoms with E-state index in [0.717, 1.165) is 12.1 Å². The van der Waals surface area contributed by atoms with Crippen LogP contribution in [0.3, 0.4) is 0 Å². The van der Waals surface area contributed by atoms with Crippen LogP contribution in [0.25, 0.3) is 0 Å². The van der Waals surface area contributed by atoms with E-state index in [1.807, 2.05) is 0 Å². The van der Waals surface area contributed by atoms with E-state index in [2.05, 4.69) is 10.0 Å². The highest BCUT2D eigenvalue weighted by atomic mass is 32.2. The van der Waals surface area contributed by atoms with E-state index >= 15 is 0 Å². The van der Waals surface area contributed by atoms with Crippen molar-refractivity contribution in [3.8, 4) is 0 Å². The van der Waals surface area contributed by atoms with Gasteiger partial charge in [0.15, 0.2) is 14.7 Å². The second-order valence-corrected chi connectivity index (χ2v) is 9.24. The summed E-state index contributed by atoms with van der Waals surface area (Å²) in [5.41, 5.74) is -0.521. The highest BCUT2D eigenvalue weighted by Crippen LogP contribution is 2.22. The Labute approximate surface area is 134 Å². The molecule has 2 N–H and O–H groups in total. The third kappa shape index (κ3) is 4.25. The van der Waals surface area contributed by atoms with Gasteiger partial charge in [0.1, 0.15) is 0 Å². The molecule has 0 aliphatic carbocycles. The predicted octanol–water partition coefficient (Wildman–Crippen LogP) is -0.350. The number of nitro groups is 1. The highest BCUT2D eigenvalue weighted by molar-refractivity contribution is 7.92. The number of hydrogen-bond acceptors (Lipinski definition) is 7. The Balaban J connectivity index is 2.07. The number of nitro benzene ring substituents is 1. The van der Waals surface area contributed by atoms with E-state index < -0.39 is 40.6 Å². The second-order valence-electron chi connectivity index (χ2n) is 5.10. The van der Waals surface area contributed by atoms with Gasteiger partial charge < -0.3 is 5.32 Å². The summed E-state index contributed by atoms with van der Waals surface area (Å²) >= 11 is 0. The number of hydrogen-bond donors (Lipinski definition) is 2. The van der Waals surface area contributed by atoms with Gasteiger partial charge in [-0.1, -0.05) is 12.1 Å². The number of sulfonamides is 1. The molecule has 1 aliphatic rings. The number of para-hydroxylation sites is 1. The summed E-state index contributed by atoms with van der Waals surface area (Å²) < 4.78 is 50.3. The molecule has 23 heavy (non-hydrogen) atoms. The smallest absolute Gasteiger partial charge is 0.289 e. The lowest BCUT2D eigenvalue weighted by Crippen LogP contribution is -2.45. The summed E-state index contributed by atoms with van der Waals surface area (Å²) in [6, 6.07) is 5.00. The van der Waals surface area contributed by atoms with Crippen LogP contribution in [0.4, 0.5) is 5.69 Å². The van der Waals surface area contributed by atoms with Crippen LogP contribution in [0.5, 0.6) is 0 Å². The van der Waals surface area contributed by atoms with Gasteiger partial charge in [-0.3, -0.25) is 10.1 Å². The summed E-state index contributed by atoms with van der Waals surface area (Å²) in [5.74, 6) is 0.0224. The minimum Gasteiger partial charge on any atom is -0.314 e. The fraction of sp³-hybridized carbons (Fsp3) is 0.500. The number of sulfone groups is 1. The molecule has 1 saturated heterocycles. The number of nitrogens with one attached hydrogen (secondary N) is 2. The molecule has 2 rings (SSSR count). The standard InChI is InChI=1S/C12H17N3O6S2/c16-15(17)11-3-1-2-4-12(11)23(20,21)14-6-5-10-9-13-7-8-22(10,18)19/h1-4,10,13-14H,5-9H2. The SMILES string of the molecule is O=[N+]([O-])c1ccccc1S(=O)(=O)NCCC1CNCCS1(=O)=O. The Hall–Kier alpha value is -1.56. The van der Waals surface area contributed by atoms with Gasteiger partial charge in [-0.2, -0.15) is 0 Å². The Morgan fingerprint density at radius 2 is 2.04 bits per heavy atom. The largest absolute Gasteiger partial charge is 0.314 e. The first-order valence-electron chi connectivity index (χ1n) is 6.89. The second kappa shape index (κ2) is 6.91. The van der Waals surface area contributed by atoms with Crippen molar-refractivity contribution in [2.24, 2.45) is 0 Å². The zero-order valence-corrected chi connectivity index (χ0v) is 13.8. The van der Waals surface area contributed by atoms with Crippen molar-refractivity contribution in [2.75, 3.05) is 25.4 Å². The van der Waals surface area contributed by atoms with E-state index in [4.69, 9.17) is 0 Å². The summed E-state index contributed by atoms with van der Waals surface area (Å²) in [6.45, 7) is 0.552. The van der Waals surface area contributed by atoms with Gasteiger partial charge in [0.05, 0.1) is 15.9 Å². The van der Waals surface area contributed by atoms with Crippen LogP contribution in [0.1, 0.15) is 6.42 Å². The van der Waals surface area contributed by atoms with Crippen LogP contribution in [0.2, 0.25) is 0 Å². The zero-order valence-electron chi connectivity index (χ0n) is 12.1. The molecular weight excluding hydrogens is 346 g/mol. The lowest BCUT2D eigenvalue weighted by atomic mass is 10.3. The molecule has 1 aliphatic heterocycles. The molecule has 11 heteroatoms. The topological polar surface area (TPSA) is 135 Å². The number of rotatable bonds is 6. The molecule has 0 aromatic heterocycles. The summed E-state index contributed by atoms with van der Waals surface area (Å²) in [5, 5.41) is 13.2. The van der Waals surface area contributed by atoms with Crippen molar-refractivity contribution < 1.29 is 21.8 Å². The summed E-state index contributed by atoms with van der Waals surface area (Å²) in [4.78, 5) is 9.69. The third-order valence-corrected chi connectivity index (χ3v) is 7.25. The Morgan fingerprint density at radius 1 is 1.35 bits per heavy atom. The Bertz CT molecular complexity index is 791. The van der Waals surface area contributed by atoms with Gasteiger partial charge in [-0.05, 0) is 12.5 Å². The zero-order chi connectivity index (χ0) is 17.1. The van der Waals surface area contributed by atoms with Gasteiger partial charge in [0.25, 0.3) is 5.69 Å². The third-order valence-electron chi connectivity index (χ3n) is 3.55. The molecule has 0 bridgehead atoms. The summed E-state index contributed by atoms with van der Waals surface area (Å²) in [6.07, 6.45) is 0.106. The Morgan fingerprint density at radius 3 is 2.70 bits per heavy atom. The van der Waals surface area contributed by atoms with Crippen molar-refractivity contribution >= 4 is 25.5 Å². The fourth-order valence-corrected chi connectivity index (χ4v) is 5.15. The van der Waals surface area contributed by atoms with Crippen molar-refractivity contribution in [2.45, 2.75) is 16.6 Å². The van der Waals surface area contributed by atoms with Gasteiger partial charge in [-0.15, -0.1) is 0 Å². The molecule has 1 unspecified atom stereocenters. The van der Waals surface area contributed by atoms with Gasteiger partial charge in [-0.25, -0.2) is 21.6 Å². The minimum absolute atomic E-state index is 0.0224. The lowest BCUT2D eigenvalue weighted by Gasteiger charge is -2.23. The molecule has 1 heterocycles. The van der Waals surface area contributed by atoms with Crippen molar-refractivity contribution in [3.05, 3.63) is 34.4 Å². The highest BCUT2D eigenvalue weighted by Gasteiger charge is 2.29. The molecule has 1 aromatic rings. The quantitative estimate of drug-likeness (QED) is 0.521. The molecule has 0 radical (unpaired) electrons. The molecule has 128 valence electrons. The molecule has 9 nitrogen and oxygen atoms in total. The lowest BCUT2D eigenvalue weighted by molar-refractivity contribution is -0.387. The van der Waals surface area contributed by atoms with Crippen LogP contribution >= 0.6 is 0 Å². The summed E-state index contributed by atoms with van der Waals surface area (Å²) in [7, 11) is -7.31. The van der Waals surface area contributed by atoms with Gasteiger partial charge in [0.2, 0.25) is 10.0 Å². The van der Waals surface area contributed by atoms with Crippen molar-refractivity contribution in [1.29, 1.82) is 0 Å². The maximum absolute atomic E-state index is 12.2. The maximum Gasteiger partial charge on any atom is 0.289 e. The maximum atomic E-state index is 12.2. The molecule has 0 spiro atoms. The first kappa shape index (κ1) is 17.8. The average Bonchev–Trinajstić information content (AvgIpc) is 2.48. The molecular formula is C12H17N3O6S2. The van der Waals surface area contributed by atoms with Crippen LogP contribution in [-0.2, 0) is 19.9 Å². The monoisotopic (exact) mass is 363 g/mol. The normalized spacial score (nSPS) is 21.0. The van der Waals surface area contributed by atoms with E-state index in [1.165, 1.54) is 12.1 Å². The number of benzene rings is 1. The fourth-order valence-electron chi connectivity index (χ4n) is 2.32. The average molecular weight is 363 g/mol. The molecule has 0 amide bonds. The molecule has 1 atom stereocenters. The van der Waals surface area contributed by atoms with Gasteiger partial charge >= 0.3 is 0 Å². The van der Waals surface area contributed by atoms with Crippen LogP contribution in [0, 0.1) is 10.1 Å². The van der Waals surface area contributed by atoms with Gasteiger partial charge in [0, 0.05) is 25.7 Å². The van der Waals surface area contributed by atoms with E-state index in [9.17, 15) is 26.9 Å². The van der Waals surface area contributed by atoms with E-state index in [1.54, 1.807) is 0 Å². The molecule has 1 fully saturated rings. The first-order chi connectivity index (χ1) is 10.7. The van der Waals surface area contributed by atoms with E-state index in [0.29, 0.717) is 6.54 Å². The first-order valence-corrected chi connectivity index (χ1v) is 10.1. The predicted molar refractivity (Wildman–Crippen MR) is 83.3 cm³/mol. The Kier molecular flexibility index (Phi) is 5.34. The number of nitrogens with zero attached hydrogens (tertiary/aromatic N) is 1. The van der Waals surface area contributed by atoms with Crippen molar-refractivity contribution in [1.82, 2.24) is 10.0 Å². The minimum atomic E-state index is -4.08. The van der Waals surface area contributed by atoms with Crippen molar-refractivity contribution in [3.63, 3.8) is 0 Å². The van der Waals surface area contributed by atoms with E-state index in [-0.39, 0.29) is 25.3 Å². The van der Waals surface area contributed by atoms with Crippen LogP contribution < -0.4 is 10.0 Å².